The number of aromatic nitrogens is 2. The van der Waals surface area contributed by atoms with E-state index in [1.54, 1.807) is 7.05 Å². The SMILES string of the molecule is Cn1cc(S(=O)(=O)Nc2cccc(S(C)(=O)=O)c2)c(N)n1. The highest BCUT2D eigenvalue weighted by molar-refractivity contribution is 7.93. The highest BCUT2D eigenvalue weighted by Gasteiger charge is 2.21. The third-order valence-corrected chi connectivity index (χ3v) is 5.13. The van der Waals surface area contributed by atoms with Crippen LogP contribution in [0.2, 0.25) is 0 Å². The minimum absolute atomic E-state index is 0.0156. The number of nitrogens with one attached hydrogen (secondary N) is 1. The van der Waals surface area contributed by atoms with Crippen LogP contribution in [0.4, 0.5) is 11.5 Å². The molecule has 0 radical (unpaired) electrons. The van der Waals surface area contributed by atoms with E-state index in [4.69, 9.17) is 5.73 Å². The Bertz CT molecular complexity index is 885. The summed E-state index contributed by atoms with van der Waals surface area (Å²) in [7, 11) is -5.82. The summed E-state index contributed by atoms with van der Waals surface area (Å²) in [5, 5.41) is 3.76. The first-order chi connectivity index (χ1) is 9.59. The molecule has 21 heavy (non-hydrogen) atoms. The fourth-order valence-electron chi connectivity index (χ4n) is 1.69. The smallest absolute Gasteiger partial charge is 0.267 e. The number of aryl methyl sites for hydroxylation is 1. The molecule has 3 N–H and O–H groups in total. The number of nitrogens with two attached hydrogens (primary N) is 1. The number of sulfonamides is 1. The van der Waals surface area contributed by atoms with Crippen LogP contribution in [0.1, 0.15) is 0 Å². The first-order valence-corrected chi connectivity index (χ1v) is 9.09. The standard InChI is InChI=1S/C11H14N4O4S2/c1-15-7-10(11(12)13-15)21(18,19)14-8-4-3-5-9(6-8)20(2,16)17/h3-7,14H,1-2H3,(H2,12,13). The van der Waals surface area contributed by atoms with E-state index < -0.39 is 19.9 Å². The topological polar surface area (TPSA) is 124 Å². The van der Waals surface area contributed by atoms with Gasteiger partial charge in [0.15, 0.2) is 15.7 Å². The van der Waals surface area contributed by atoms with Gasteiger partial charge in [0.25, 0.3) is 10.0 Å². The second-order valence-electron chi connectivity index (χ2n) is 4.46. The lowest BCUT2D eigenvalue weighted by Gasteiger charge is -2.08. The lowest BCUT2D eigenvalue weighted by Crippen LogP contribution is -2.14. The summed E-state index contributed by atoms with van der Waals surface area (Å²) in [6.45, 7) is 0. The molecule has 8 nitrogen and oxygen atoms in total. The Balaban J connectivity index is 2.40. The molecule has 2 aromatic rings. The Kier molecular flexibility index (Phi) is 3.68. The van der Waals surface area contributed by atoms with E-state index in [0.29, 0.717) is 0 Å². The Labute approximate surface area is 122 Å². The van der Waals surface area contributed by atoms with Gasteiger partial charge in [0, 0.05) is 19.5 Å². The molecule has 0 atom stereocenters. The summed E-state index contributed by atoms with van der Waals surface area (Å²) >= 11 is 0. The van der Waals surface area contributed by atoms with E-state index in [2.05, 4.69) is 9.82 Å². The van der Waals surface area contributed by atoms with E-state index in [0.717, 1.165) is 6.26 Å². The molecule has 0 spiro atoms. The van der Waals surface area contributed by atoms with E-state index in [1.165, 1.54) is 35.1 Å². The van der Waals surface area contributed by atoms with Gasteiger partial charge < -0.3 is 5.73 Å². The summed E-state index contributed by atoms with van der Waals surface area (Å²) < 4.78 is 50.9. The van der Waals surface area contributed by atoms with Gasteiger partial charge in [-0.05, 0) is 18.2 Å². The van der Waals surface area contributed by atoms with Crippen LogP contribution in [0.5, 0.6) is 0 Å². The average molecular weight is 330 g/mol. The van der Waals surface area contributed by atoms with Crippen molar-refractivity contribution in [2.24, 2.45) is 7.05 Å². The van der Waals surface area contributed by atoms with Crippen molar-refractivity contribution in [1.82, 2.24) is 9.78 Å². The Morgan fingerprint density at radius 2 is 1.90 bits per heavy atom. The fraction of sp³-hybridized carbons (Fsp3) is 0.182. The van der Waals surface area contributed by atoms with Crippen molar-refractivity contribution < 1.29 is 16.8 Å². The highest BCUT2D eigenvalue weighted by Crippen LogP contribution is 2.22. The molecule has 114 valence electrons. The summed E-state index contributed by atoms with van der Waals surface area (Å²) in [4.78, 5) is -0.156. The second kappa shape index (κ2) is 5.04. The summed E-state index contributed by atoms with van der Waals surface area (Å²) in [6.07, 6.45) is 2.30. The maximum Gasteiger partial charge on any atom is 0.267 e. The van der Waals surface area contributed by atoms with Crippen LogP contribution in [0, 0.1) is 0 Å². The van der Waals surface area contributed by atoms with Crippen LogP contribution in [-0.4, -0.2) is 32.9 Å². The number of anilines is 2. The number of rotatable bonds is 4. The molecule has 0 amide bonds. The van der Waals surface area contributed by atoms with Gasteiger partial charge in [0.05, 0.1) is 10.6 Å². The lowest BCUT2D eigenvalue weighted by atomic mass is 10.3. The van der Waals surface area contributed by atoms with Gasteiger partial charge in [-0.15, -0.1) is 0 Å². The predicted molar refractivity (Wildman–Crippen MR) is 78.0 cm³/mol. The van der Waals surface area contributed by atoms with Crippen LogP contribution in [-0.2, 0) is 26.9 Å². The zero-order chi connectivity index (χ0) is 15.8. The number of benzene rings is 1. The summed E-state index contributed by atoms with van der Waals surface area (Å²) in [5.74, 6) is -0.135. The molecule has 0 saturated carbocycles. The largest absolute Gasteiger partial charge is 0.381 e. The van der Waals surface area contributed by atoms with Gasteiger partial charge in [-0.25, -0.2) is 16.8 Å². The predicted octanol–water partition coefficient (Wildman–Crippen LogP) is 0.207. The second-order valence-corrected chi connectivity index (χ2v) is 8.12. The van der Waals surface area contributed by atoms with Gasteiger partial charge in [0.2, 0.25) is 0 Å². The molecule has 2 rings (SSSR count). The number of hydrogen-bond donors (Lipinski definition) is 2. The molecule has 0 aliphatic carbocycles. The maximum atomic E-state index is 12.2. The average Bonchev–Trinajstić information content (AvgIpc) is 2.68. The van der Waals surface area contributed by atoms with Crippen LogP contribution >= 0.6 is 0 Å². The van der Waals surface area contributed by atoms with E-state index >= 15 is 0 Å². The van der Waals surface area contributed by atoms with Gasteiger partial charge >= 0.3 is 0 Å². The highest BCUT2D eigenvalue weighted by atomic mass is 32.2. The van der Waals surface area contributed by atoms with Crippen LogP contribution in [0.25, 0.3) is 0 Å². The molecule has 10 heteroatoms. The van der Waals surface area contributed by atoms with Gasteiger partial charge in [-0.2, -0.15) is 5.10 Å². The quantitative estimate of drug-likeness (QED) is 0.825. The van der Waals surface area contributed by atoms with Gasteiger partial charge in [-0.3, -0.25) is 9.40 Å². The molecular formula is C11H14N4O4S2. The number of nitrogens with zero attached hydrogens (tertiary/aromatic N) is 2. The van der Waals surface area contributed by atoms with Crippen molar-refractivity contribution in [2.75, 3.05) is 16.7 Å². The molecule has 0 unspecified atom stereocenters. The van der Waals surface area contributed by atoms with E-state index in [-0.39, 0.29) is 21.3 Å². The lowest BCUT2D eigenvalue weighted by molar-refractivity contribution is 0.599. The molecule has 0 saturated heterocycles. The molecule has 0 aliphatic heterocycles. The van der Waals surface area contributed by atoms with Gasteiger partial charge in [0.1, 0.15) is 4.90 Å². The zero-order valence-electron chi connectivity index (χ0n) is 11.3. The minimum atomic E-state index is -3.94. The van der Waals surface area contributed by atoms with Crippen molar-refractivity contribution in [2.45, 2.75) is 9.79 Å². The van der Waals surface area contributed by atoms with Crippen molar-refractivity contribution in [3.63, 3.8) is 0 Å². The molecule has 0 bridgehead atoms. The molecule has 0 fully saturated rings. The molecule has 1 aromatic heterocycles. The molecule has 1 heterocycles. The molecule has 0 aliphatic rings. The van der Waals surface area contributed by atoms with E-state index in [1.807, 2.05) is 0 Å². The monoisotopic (exact) mass is 330 g/mol. The molecular weight excluding hydrogens is 316 g/mol. The normalized spacial score (nSPS) is 12.3. The Hall–Kier alpha value is -2.07. The number of nitrogen functional groups attached to an aromatic ring is 1. The maximum absolute atomic E-state index is 12.2. The van der Waals surface area contributed by atoms with Crippen LogP contribution < -0.4 is 10.5 Å². The van der Waals surface area contributed by atoms with Crippen molar-refractivity contribution in [3.8, 4) is 0 Å². The third-order valence-electron chi connectivity index (χ3n) is 2.63. The zero-order valence-corrected chi connectivity index (χ0v) is 12.9. The Morgan fingerprint density at radius 1 is 1.24 bits per heavy atom. The van der Waals surface area contributed by atoms with Gasteiger partial charge in [-0.1, -0.05) is 6.07 Å². The summed E-state index contributed by atoms with van der Waals surface area (Å²) in [6, 6.07) is 5.50. The molecule has 1 aromatic carbocycles. The number of sulfone groups is 1. The van der Waals surface area contributed by atoms with E-state index in [9.17, 15) is 16.8 Å². The van der Waals surface area contributed by atoms with Crippen molar-refractivity contribution >= 4 is 31.4 Å². The van der Waals surface area contributed by atoms with Crippen LogP contribution in [0.15, 0.2) is 40.3 Å². The van der Waals surface area contributed by atoms with Crippen molar-refractivity contribution in [1.29, 1.82) is 0 Å². The minimum Gasteiger partial charge on any atom is -0.381 e. The summed E-state index contributed by atoms with van der Waals surface area (Å²) in [5.41, 5.74) is 5.66. The van der Waals surface area contributed by atoms with Crippen LogP contribution in [0.3, 0.4) is 0 Å². The Morgan fingerprint density at radius 3 is 2.43 bits per heavy atom. The first-order valence-electron chi connectivity index (χ1n) is 5.72. The number of hydrogen-bond acceptors (Lipinski definition) is 6. The third kappa shape index (κ3) is 3.34. The fourth-order valence-corrected chi connectivity index (χ4v) is 3.51. The first kappa shape index (κ1) is 15.3. The van der Waals surface area contributed by atoms with Crippen molar-refractivity contribution in [3.05, 3.63) is 30.5 Å².